The predicted molar refractivity (Wildman–Crippen MR) is 67.2 cm³/mol. The SMILES string of the molecule is Cc1c(C)c(Cl)c(C)c(CC2(N)CC2)c1O. The zero-order valence-electron chi connectivity index (χ0n) is 10.0. The van der Waals surface area contributed by atoms with E-state index in [-0.39, 0.29) is 5.54 Å². The molecule has 0 spiro atoms. The monoisotopic (exact) mass is 239 g/mol. The Morgan fingerprint density at radius 1 is 1.19 bits per heavy atom. The summed E-state index contributed by atoms with van der Waals surface area (Å²) in [6.07, 6.45) is 2.80. The van der Waals surface area contributed by atoms with Crippen molar-refractivity contribution in [3.63, 3.8) is 0 Å². The van der Waals surface area contributed by atoms with Crippen molar-refractivity contribution in [2.24, 2.45) is 5.73 Å². The summed E-state index contributed by atoms with van der Waals surface area (Å²) in [6.45, 7) is 5.79. The lowest BCUT2D eigenvalue weighted by molar-refractivity contribution is 0.458. The number of hydrogen-bond acceptors (Lipinski definition) is 2. The second-order valence-electron chi connectivity index (χ2n) is 5.06. The topological polar surface area (TPSA) is 46.2 Å². The lowest BCUT2D eigenvalue weighted by Gasteiger charge is -2.18. The highest BCUT2D eigenvalue weighted by molar-refractivity contribution is 6.32. The van der Waals surface area contributed by atoms with Crippen LogP contribution in [-0.2, 0) is 6.42 Å². The van der Waals surface area contributed by atoms with E-state index in [4.69, 9.17) is 17.3 Å². The van der Waals surface area contributed by atoms with Crippen LogP contribution in [0.1, 0.15) is 35.1 Å². The van der Waals surface area contributed by atoms with Crippen LogP contribution in [0.2, 0.25) is 5.02 Å². The molecule has 1 saturated carbocycles. The highest BCUT2D eigenvalue weighted by atomic mass is 35.5. The summed E-state index contributed by atoms with van der Waals surface area (Å²) >= 11 is 6.26. The van der Waals surface area contributed by atoms with Crippen LogP contribution in [0.25, 0.3) is 0 Å². The van der Waals surface area contributed by atoms with E-state index in [0.29, 0.717) is 5.75 Å². The van der Waals surface area contributed by atoms with E-state index in [0.717, 1.165) is 46.5 Å². The third-order valence-electron chi connectivity index (χ3n) is 3.74. The fourth-order valence-electron chi connectivity index (χ4n) is 2.07. The molecule has 1 aliphatic carbocycles. The average Bonchev–Trinajstić information content (AvgIpc) is 2.98. The van der Waals surface area contributed by atoms with E-state index in [1.807, 2.05) is 20.8 Å². The second kappa shape index (κ2) is 3.64. The minimum atomic E-state index is -0.104. The van der Waals surface area contributed by atoms with Crippen LogP contribution in [0.4, 0.5) is 0 Å². The van der Waals surface area contributed by atoms with E-state index < -0.39 is 0 Å². The predicted octanol–water partition coefficient (Wildman–Crippen LogP) is 3.00. The minimum Gasteiger partial charge on any atom is -0.507 e. The number of benzene rings is 1. The Labute approximate surface area is 101 Å². The first-order valence-corrected chi connectivity index (χ1v) is 5.99. The van der Waals surface area contributed by atoms with Gasteiger partial charge in [0, 0.05) is 16.1 Å². The first-order valence-electron chi connectivity index (χ1n) is 5.62. The molecule has 0 heterocycles. The van der Waals surface area contributed by atoms with Crippen molar-refractivity contribution in [2.75, 3.05) is 0 Å². The van der Waals surface area contributed by atoms with E-state index in [1.54, 1.807) is 0 Å². The number of rotatable bonds is 2. The van der Waals surface area contributed by atoms with E-state index >= 15 is 0 Å². The molecule has 0 aliphatic heterocycles. The summed E-state index contributed by atoms with van der Waals surface area (Å²) in [4.78, 5) is 0. The molecule has 0 saturated heterocycles. The molecule has 0 atom stereocenters. The molecule has 1 fully saturated rings. The van der Waals surface area contributed by atoms with E-state index in [9.17, 15) is 5.11 Å². The van der Waals surface area contributed by atoms with E-state index in [2.05, 4.69) is 0 Å². The number of nitrogens with two attached hydrogens (primary N) is 1. The summed E-state index contributed by atoms with van der Waals surface area (Å²) in [7, 11) is 0. The molecule has 1 aliphatic rings. The van der Waals surface area contributed by atoms with Gasteiger partial charge in [0.1, 0.15) is 5.75 Å². The van der Waals surface area contributed by atoms with Gasteiger partial charge in [-0.2, -0.15) is 0 Å². The number of phenolic OH excluding ortho intramolecular Hbond substituents is 1. The number of phenols is 1. The molecule has 2 rings (SSSR count). The van der Waals surface area contributed by atoms with Gasteiger partial charge in [0.15, 0.2) is 0 Å². The quantitative estimate of drug-likeness (QED) is 0.834. The lowest BCUT2D eigenvalue weighted by atomic mass is 9.93. The maximum atomic E-state index is 10.2. The molecule has 3 heteroatoms. The lowest BCUT2D eigenvalue weighted by Crippen LogP contribution is -2.25. The van der Waals surface area contributed by atoms with Gasteiger partial charge in [-0.1, -0.05) is 11.6 Å². The first-order chi connectivity index (χ1) is 7.36. The van der Waals surface area contributed by atoms with Crippen molar-refractivity contribution in [3.8, 4) is 5.75 Å². The summed E-state index contributed by atoms with van der Waals surface area (Å²) in [6, 6.07) is 0. The highest BCUT2D eigenvalue weighted by Gasteiger charge is 2.39. The van der Waals surface area contributed by atoms with Gasteiger partial charge in [-0.25, -0.2) is 0 Å². The summed E-state index contributed by atoms with van der Waals surface area (Å²) in [5.41, 5.74) is 9.72. The molecule has 1 aromatic carbocycles. The molecule has 3 N–H and O–H groups in total. The van der Waals surface area contributed by atoms with Gasteiger partial charge in [0.05, 0.1) is 0 Å². The van der Waals surface area contributed by atoms with Crippen molar-refractivity contribution in [1.82, 2.24) is 0 Å². The van der Waals surface area contributed by atoms with Crippen LogP contribution in [0.5, 0.6) is 5.75 Å². The molecule has 0 aromatic heterocycles. The maximum Gasteiger partial charge on any atom is 0.122 e. The minimum absolute atomic E-state index is 0.104. The molecule has 88 valence electrons. The Hall–Kier alpha value is -0.730. The Morgan fingerprint density at radius 3 is 2.25 bits per heavy atom. The standard InChI is InChI=1S/C13H18ClNO/c1-7-8(2)12(16)10(9(3)11(7)14)6-13(15)4-5-13/h16H,4-6,15H2,1-3H3. The van der Waals surface area contributed by atoms with E-state index in [1.165, 1.54) is 0 Å². The largest absolute Gasteiger partial charge is 0.507 e. The Kier molecular flexibility index (Phi) is 2.67. The van der Waals surface area contributed by atoms with Crippen molar-refractivity contribution in [1.29, 1.82) is 0 Å². The van der Waals surface area contributed by atoms with Crippen LogP contribution in [-0.4, -0.2) is 10.6 Å². The van der Waals surface area contributed by atoms with Gasteiger partial charge in [-0.3, -0.25) is 0 Å². The smallest absolute Gasteiger partial charge is 0.122 e. The van der Waals surface area contributed by atoms with Crippen molar-refractivity contribution in [2.45, 2.75) is 45.6 Å². The van der Waals surface area contributed by atoms with Crippen molar-refractivity contribution in [3.05, 3.63) is 27.3 Å². The average molecular weight is 240 g/mol. The zero-order chi connectivity index (χ0) is 12.1. The van der Waals surface area contributed by atoms with Gasteiger partial charge >= 0.3 is 0 Å². The molecule has 0 radical (unpaired) electrons. The molecule has 1 aromatic rings. The zero-order valence-corrected chi connectivity index (χ0v) is 10.8. The first kappa shape index (κ1) is 11.7. The third-order valence-corrected chi connectivity index (χ3v) is 4.30. The third kappa shape index (κ3) is 1.80. The fourth-order valence-corrected chi connectivity index (χ4v) is 2.32. The Balaban J connectivity index is 2.51. The summed E-state index contributed by atoms with van der Waals surface area (Å²) in [5.74, 6) is 0.371. The van der Waals surface area contributed by atoms with Crippen LogP contribution < -0.4 is 5.73 Å². The molecule has 0 bridgehead atoms. The van der Waals surface area contributed by atoms with Gasteiger partial charge in [-0.05, 0) is 56.7 Å². The molecule has 2 nitrogen and oxygen atoms in total. The second-order valence-corrected chi connectivity index (χ2v) is 5.43. The molecule has 0 unspecified atom stereocenters. The number of halogens is 1. The molecule has 0 amide bonds. The van der Waals surface area contributed by atoms with Crippen LogP contribution in [0.15, 0.2) is 0 Å². The van der Waals surface area contributed by atoms with Crippen LogP contribution in [0, 0.1) is 20.8 Å². The number of hydrogen-bond donors (Lipinski definition) is 2. The Bertz CT molecular complexity index is 421. The van der Waals surface area contributed by atoms with Gasteiger partial charge in [0.2, 0.25) is 0 Å². The van der Waals surface area contributed by atoms with Crippen molar-refractivity contribution >= 4 is 11.6 Å². The fraction of sp³-hybridized carbons (Fsp3) is 0.538. The van der Waals surface area contributed by atoms with Gasteiger partial charge in [0.25, 0.3) is 0 Å². The highest BCUT2D eigenvalue weighted by Crippen LogP contribution is 2.42. The summed E-state index contributed by atoms with van der Waals surface area (Å²) < 4.78 is 0. The molecular formula is C13H18ClNO. The number of aromatic hydroxyl groups is 1. The normalized spacial score (nSPS) is 17.6. The van der Waals surface area contributed by atoms with Gasteiger partial charge in [-0.15, -0.1) is 0 Å². The van der Waals surface area contributed by atoms with Crippen LogP contribution >= 0.6 is 11.6 Å². The van der Waals surface area contributed by atoms with Crippen molar-refractivity contribution < 1.29 is 5.11 Å². The van der Waals surface area contributed by atoms with Gasteiger partial charge < -0.3 is 10.8 Å². The Morgan fingerprint density at radius 2 is 1.75 bits per heavy atom. The molecule has 16 heavy (non-hydrogen) atoms. The maximum absolute atomic E-state index is 10.2. The van der Waals surface area contributed by atoms with Crippen LogP contribution in [0.3, 0.4) is 0 Å². The molecular weight excluding hydrogens is 222 g/mol. The summed E-state index contributed by atoms with van der Waals surface area (Å²) in [5, 5.41) is 10.9.